The Kier molecular flexibility index (Phi) is 11.1. The molecule has 0 aliphatic heterocycles. The number of alkyl halides is 2. The van der Waals surface area contributed by atoms with Crippen LogP contribution in [0.3, 0.4) is 0 Å². The van der Waals surface area contributed by atoms with Gasteiger partial charge in [0.2, 0.25) is 0 Å². The van der Waals surface area contributed by atoms with Crippen molar-refractivity contribution < 1.29 is 0 Å². The fourth-order valence-electron chi connectivity index (χ4n) is 7.77. The van der Waals surface area contributed by atoms with Crippen LogP contribution in [0, 0.1) is 22.7 Å². The molecule has 3 saturated carbocycles. The van der Waals surface area contributed by atoms with Crippen LogP contribution in [0.4, 0.5) is 0 Å². The Hall–Kier alpha value is 0.580. The summed E-state index contributed by atoms with van der Waals surface area (Å²) in [5.41, 5.74) is 0.500. The smallest absolute Gasteiger partial charge is 0.100 e. The van der Waals surface area contributed by atoms with E-state index in [4.69, 9.17) is 23.2 Å². The Morgan fingerprint density at radius 3 is 1.22 bits per heavy atom. The van der Waals surface area contributed by atoms with Crippen molar-refractivity contribution in [2.24, 2.45) is 22.7 Å². The third-order valence-corrected chi connectivity index (χ3v) is 11.7. The van der Waals surface area contributed by atoms with Crippen molar-refractivity contribution in [3.63, 3.8) is 0 Å². The van der Waals surface area contributed by atoms with Crippen molar-refractivity contribution in [1.82, 2.24) is 0 Å². The molecule has 3 fully saturated rings. The van der Waals surface area contributed by atoms with Crippen molar-refractivity contribution in [3.8, 4) is 0 Å². The third-order valence-electron chi connectivity index (χ3n) is 10.1. The summed E-state index contributed by atoms with van der Waals surface area (Å²) in [5, 5.41) is 0. The van der Waals surface area contributed by atoms with Crippen molar-refractivity contribution in [1.29, 1.82) is 0 Å². The molecule has 0 unspecified atom stereocenters. The average molecular weight is 486 g/mol. The van der Waals surface area contributed by atoms with E-state index in [0.29, 0.717) is 0 Å². The molecule has 0 heterocycles. The maximum Gasteiger partial charge on any atom is 0.129 e. The second-order valence-corrected chi connectivity index (χ2v) is 13.6. The Bertz CT molecular complexity index is 465. The maximum atomic E-state index is 7.29. The molecule has 0 atom stereocenters. The fourth-order valence-corrected chi connectivity index (χ4v) is 8.79. The minimum atomic E-state index is -0.448. The van der Waals surface area contributed by atoms with E-state index in [-0.39, 0.29) is 10.8 Å². The number of halogens is 2. The van der Waals surface area contributed by atoms with Gasteiger partial charge in [-0.3, -0.25) is 0 Å². The highest BCUT2D eigenvalue weighted by Gasteiger charge is 2.72. The molecule has 0 saturated heterocycles. The number of rotatable bonds is 14. The Balaban J connectivity index is 1.33. The van der Waals surface area contributed by atoms with Gasteiger partial charge in [-0.1, -0.05) is 104 Å². The molecule has 0 nitrogen and oxygen atoms in total. The van der Waals surface area contributed by atoms with E-state index in [9.17, 15) is 0 Å². The van der Waals surface area contributed by atoms with Crippen molar-refractivity contribution in [2.45, 2.75) is 166 Å². The van der Waals surface area contributed by atoms with Crippen LogP contribution in [0.1, 0.15) is 162 Å². The van der Waals surface area contributed by atoms with Gasteiger partial charge in [-0.05, 0) is 69.6 Å². The van der Waals surface area contributed by atoms with E-state index in [1.54, 1.807) is 0 Å². The van der Waals surface area contributed by atoms with Crippen LogP contribution in [-0.2, 0) is 0 Å². The van der Waals surface area contributed by atoms with Gasteiger partial charge >= 0.3 is 0 Å². The SMILES string of the molecule is CCCCCCCCC1CCC2(CC1)CC1(CCC(CCCCCCCC)CC1)C2(Cl)Cl. The summed E-state index contributed by atoms with van der Waals surface area (Å²) in [4.78, 5) is 0. The monoisotopic (exact) mass is 484 g/mol. The third kappa shape index (κ3) is 6.42. The van der Waals surface area contributed by atoms with E-state index >= 15 is 0 Å². The molecular formula is C30H54Cl2. The van der Waals surface area contributed by atoms with Gasteiger partial charge in [0.1, 0.15) is 4.33 Å². The van der Waals surface area contributed by atoms with E-state index in [2.05, 4.69) is 13.8 Å². The van der Waals surface area contributed by atoms with Crippen LogP contribution >= 0.6 is 23.2 Å². The van der Waals surface area contributed by atoms with Crippen molar-refractivity contribution in [2.75, 3.05) is 0 Å². The minimum Gasteiger partial charge on any atom is -0.100 e. The zero-order valence-electron chi connectivity index (χ0n) is 21.7. The Morgan fingerprint density at radius 1 is 0.531 bits per heavy atom. The highest BCUT2D eigenvalue weighted by molar-refractivity contribution is 6.50. The molecule has 2 spiro atoms. The lowest BCUT2D eigenvalue weighted by Gasteiger charge is -2.69. The van der Waals surface area contributed by atoms with Crippen LogP contribution in [0.2, 0.25) is 0 Å². The van der Waals surface area contributed by atoms with Crippen LogP contribution in [0.25, 0.3) is 0 Å². The van der Waals surface area contributed by atoms with Gasteiger partial charge in [0.25, 0.3) is 0 Å². The second kappa shape index (κ2) is 13.0. The first-order valence-corrected chi connectivity index (χ1v) is 15.6. The first-order chi connectivity index (χ1) is 15.5. The minimum absolute atomic E-state index is 0.250. The molecule has 0 aromatic heterocycles. The number of unbranched alkanes of at least 4 members (excludes halogenated alkanes) is 10. The Labute approximate surface area is 211 Å². The molecule has 0 aromatic rings. The molecule has 3 aliphatic rings. The molecular weight excluding hydrogens is 431 g/mol. The van der Waals surface area contributed by atoms with E-state index in [1.807, 2.05) is 0 Å². The summed E-state index contributed by atoms with van der Waals surface area (Å²) in [6, 6.07) is 0. The predicted octanol–water partition coefficient (Wildman–Crippen LogP) is 11.4. The Morgan fingerprint density at radius 2 is 0.875 bits per heavy atom. The average Bonchev–Trinajstić information content (AvgIpc) is 2.80. The number of hydrogen-bond acceptors (Lipinski definition) is 0. The topological polar surface area (TPSA) is 0 Å². The second-order valence-electron chi connectivity index (χ2n) is 12.3. The molecule has 0 aromatic carbocycles. The molecule has 0 amide bonds. The van der Waals surface area contributed by atoms with Crippen LogP contribution in [0.5, 0.6) is 0 Å². The highest BCUT2D eigenvalue weighted by Crippen LogP contribution is 2.76. The van der Waals surface area contributed by atoms with Crippen LogP contribution in [-0.4, -0.2) is 4.33 Å². The predicted molar refractivity (Wildman–Crippen MR) is 144 cm³/mol. The summed E-state index contributed by atoms with van der Waals surface area (Å²) < 4.78 is -0.448. The zero-order valence-corrected chi connectivity index (χ0v) is 23.2. The molecule has 32 heavy (non-hydrogen) atoms. The normalized spacial score (nSPS) is 34.1. The van der Waals surface area contributed by atoms with Gasteiger partial charge in [-0.15, -0.1) is 23.2 Å². The van der Waals surface area contributed by atoms with E-state index in [0.717, 1.165) is 11.8 Å². The fraction of sp³-hybridized carbons (Fsp3) is 1.00. The summed E-state index contributed by atoms with van der Waals surface area (Å²) >= 11 is 14.6. The molecule has 0 N–H and O–H groups in total. The highest BCUT2D eigenvalue weighted by atomic mass is 35.5. The van der Waals surface area contributed by atoms with E-state index in [1.165, 1.54) is 148 Å². The molecule has 2 heteroatoms. The zero-order chi connectivity index (χ0) is 22.9. The van der Waals surface area contributed by atoms with Gasteiger partial charge in [0, 0.05) is 10.8 Å². The van der Waals surface area contributed by atoms with Gasteiger partial charge in [-0.25, -0.2) is 0 Å². The van der Waals surface area contributed by atoms with Gasteiger partial charge < -0.3 is 0 Å². The first kappa shape index (κ1) is 27.2. The lowest BCUT2D eigenvalue weighted by molar-refractivity contribution is -0.115. The summed E-state index contributed by atoms with van der Waals surface area (Å²) in [6.07, 6.45) is 32.0. The molecule has 3 rings (SSSR count). The lowest BCUT2D eigenvalue weighted by Crippen LogP contribution is -2.66. The number of hydrogen-bond donors (Lipinski definition) is 0. The molecule has 188 valence electrons. The first-order valence-electron chi connectivity index (χ1n) is 14.9. The van der Waals surface area contributed by atoms with E-state index < -0.39 is 4.33 Å². The van der Waals surface area contributed by atoms with Crippen molar-refractivity contribution >= 4 is 23.2 Å². The quantitative estimate of drug-likeness (QED) is 0.169. The summed E-state index contributed by atoms with van der Waals surface area (Å²) in [7, 11) is 0. The summed E-state index contributed by atoms with van der Waals surface area (Å²) in [6.45, 7) is 4.61. The maximum absolute atomic E-state index is 7.29. The van der Waals surface area contributed by atoms with Gasteiger partial charge in [-0.2, -0.15) is 0 Å². The lowest BCUT2D eigenvalue weighted by atomic mass is 9.43. The van der Waals surface area contributed by atoms with Gasteiger partial charge in [0.15, 0.2) is 0 Å². The van der Waals surface area contributed by atoms with Crippen LogP contribution in [0.15, 0.2) is 0 Å². The molecule has 0 bridgehead atoms. The molecule has 0 radical (unpaired) electrons. The van der Waals surface area contributed by atoms with Gasteiger partial charge in [0.05, 0.1) is 0 Å². The largest absolute Gasteiger partial charge is 0.129 e. The standard InChI is InChI=1S/C30H54Cl2/c1-3-5-7-9-11-13-15-26-17-21-28(22-18-26)25-29(30(28,31)32)23-19-27(20-24-29)16-14-12-10-8-6-4-2/h26-27H,3-25H2,1-2H3. The molecule has 3 aliphatic carbocycles. The summed E-state index contributed by atoms with van der Waals surface area (Å²) in [5.74, 6) is 1.89. The van der Waals surface area contributed by atoms with Crippen LogP contribution < -0.4 is 0 Å². The van der Waals surface area contributed by atoms with Crippen molar-refractivity contribution in [3.05, 3.63) is 0 Å².